The van der Waals surface area contributed by atoms with Gasteiger partial charge in [-0.1, -0.05) is 0 Å². The Kier molecular flexibility index (Phi) is 2.11. The van der Waals surface area contributed by atoms with Gasteiger partial charge in [0.1, 0.15) is 4.60 Å². The molecule has 3 N–H and O–H groups in total. The average molecular weight is 202 g/mol. The Morgan fingerprint density at radius 2 is 2.40 bits per heavy atom. The zero-order valence-corrected chi connectivity index (χ0v) is 7.14. The lowest BCUT2D eigenvalue weighted by Crippen LogP contribution is -1.96. The maximum atomic E-state index is 5.60. The highest BCUT2D eigenvalue weighted by Crippen LogP contribution is 2.19. The van der Waals surface area contributed by atoms with Crippen LogP contribution in [0, 0.1) is 0 Å². The summed E-state index contributed by atoms with van der Waals surface area (Å²) in [5, 5.41) is 2.91. The molecule has 0 aliphatic carbocycles. The van der Waals surface area contributed by atoms with E-state index in [1.807, 2.05) is 0 Å². The summed E-state index contributed by atoms with van der Waals surface area (Å²) in [6, 6.07) is 1.76. The van der Waals surface area contributed by atoms with Gasteiger partial charge in [-0.05, 0) is 22.0 Å². The molecule has 10 heavy (non-hydrogen) atoms. The van der Waals surface area contributed by atoms with Gasteiger partial charge in [-0.25, -0.2) is 4.98 Å². The van der Waals surface area contributed by atoms with Gasteiger partial charge in [0.15, 0.2) is 0 Å². The van der Waals surface area contributed by atoms with E-state index in [2.05, 4.69) is 26.2 Å². The van der Waals surface area contributed by atoms with Crippen molar-refractivity contribution in [3.63, 3.8) is 0 Å². The fourth-order valence-electron chi connectivity index (χ4n) is 0.653. The highest BCUT2D eigenvalue weighted by atomic mass is 79.9. The number of pyridine rings is 1. The fourth-order valence-corrected chi connectivity index (χ4v) is 1.00. The lowest BCUT2D eigenvalue weighted by Gasteiger charge is -2.02. The first kappa shape index (κ1) is 7.34. The number of aromatic nitrogens is 1. The summed E-state index contributed by atoms with van der Waals surface area (Å²) in [6.07, 6.45) is 1.68. The van der Waals surface area contributed by atoms with Gasteiger partial charge in [-0.2, -0.15) is 0 Å². The van der Waals surface area contributed by atoms with E-state index in [1.165, 1.54) is 0 Å². The molecule has 0 saturated carbocycles. The van der Waals surface area contributed by atoms with Crippen LogP contribution in [0.1, 0.15) is 0 Å². The second-order valence-corrected chi connectivity index (χ2v) is 2.66. The first-order chi connectivity index (χ1) is 4.74. The maximum Gasteiger partial charge on any atom is 0.108 e. The van der Waals surface area contributed by atoms with Gasteiger partial charge in [-0.15, -0.1) is 0 Å². The first-order valence-corrected chi connectivity index (χ1v) is 3.62. The molecule has 1 rings (SSSR count). The summed E-state index contributed by atoms with van der Waals surface area (Å²) in [6.45, 7) is 0. The molecule has 0 aromatic carbocycles. The summed E-state index contributed by atoms with van der Waals surface area (Å²) in [7, 11) is 1.81. The van der Waals surface area contributed by atoms with Gasteiger partial charge < -0.3 is 11.1 Å². The van der Waals surface area contributed by atoms with Gasteiger partial charge >= 0.3 is 0 Å². The Labute approximate surface area is 67.8 Å². The molecule has 0 bridgehead atoms. The smallest absolute Gasteiger partial charge is 0.108 e. The number of halogens is 1. The van der Waals surface area contributed by atoms with E-state index in [0.29, 0.717) is 5.69 Å². The number of rotatable bonds is 1. The third-order valence-corrected chi connectivity index (χ3v) is 1.61. The number of nitrogen functional groups attached to an aromatic ring is 1. The average Bonchev–Trinajstić information content (AvgIpc) is 1.88. The molecule has 1 aromatic rings. The summed E-state index contributed by atoms with van der Waals surface area (Å²) in [5.74, 6) is 0. The number of anilines is 2. The van der Waals surface area contributed by atoms with E-state index in [1.54, 1.807) is 19.3 Å². The van der Waals surface area contributed by atoms with Crippen LogP contribution in [0.2, 0.25) is 0 Å². The zero-order chi connectivity index (χ0) is 7.56. The van der Waals surface area contributed by atoms with Crippen molar-refractivity contribution in [2.24, 2.45) is 0 Å². The van der Waals surface area contributed by atoms with Crippen LogP contribution >= 0.6 is 15.9 Å². The topological polar surface area (TPSA) is 50.9 Å². The van der Waals surface area contributed by atoms with Crippen LogP contribution in [-0.4, -0.2) is 12.0 Å². The van der Waals surface area contributed by atoms with Crippen molar-refractivity contribution in [2.75, 3.05) is 18.1 Å². The van der Waals surface area contributed by atoms with E-state index in [0.717, 1.165) is 10.3 Å². The van der Waals surface area contributed by atoms with E-state index in [9.17, 15) is 0 Å². The highest BCUT2D eigenvalue weighted by molar-refractivity contribution is 9.10. The lowest BCUT2D eigenvalue weighted by atomic mass is 10.3. The van der Waals surface area contributed by atoms with Crippen LogP contribution in [-0.2, 0) is 0 Å². The summed E-state index contributed by atoms with van der Waals surface area (Å²) >= 11 is 3.21. The lowest BCUT2D eigenvalue weighted by molar-refractivity contribution is 1.27. The minimum absolute atomic E-state index is 0.698. The van der Waals surface area contributed by atoms with Crippen LogP contribution in [0.3, 0.4) is 0 Å². The van der Waals surface area contributed by atoms with Gasteiger partial charge in [-0.3, -0.25) is 0 Å². The second-order valence-electron chi connectivity index (χ2n) is 1.84. The minimum Gasteiger partial charge on any atom is -0.397 e. The predicted octanol–water partition coefficient (Wildman–Crippen LogP) is 1.47. The van der Waals surface area contributed by atoms with Crippen molar-refractivity contribution in [1.29, 1.82) is 0 Å². The number of nitrogens with two attached hydrogens (primary N) is 1. The Balaban J connectivity index is 3.07. The van der Waals surface area contributed by atoms with Crippen LogP contribution < -0.4 is 11.1 Å². The van der Waals surface area contributed by atoms with Crippen molar-refractivity contribution < 1.29 is 0 Å². The Bertz CT molecular complexity index is 236. The fraction of sp³-hybridized carbons (Fsp3) is 0.167. The molecule has 0 unspecified atom stereocenters. The summed E-state index contributed by atoms with van der Waals surface area (Å²) in [5.41, 5.74) is 7.15. The normalized spacial score (nSPS) is 9.40. The van der Waals surface area contributed by atoms with Gasteiger partial charge in [0.2, 0.25) is 0 Å². The molecule has 0 atom stereocenters. The van der Waals surface area contributed by atoms with Gasteiger partial charge in [0, 0.05) is 7.05 Å². The summed E-state index contributed by atoms with van der Waals surface area (Å²) < 4.78 is 0.754. The van der Waals surface area contributed by atoms with Crippen LogP contribution in [0.4, 0.5) is 11.4 Å². The molecule has 54 valence electrons. The molecule has 3 nitrogen and oxygen atoms in total. The van der Waals surface area contributed by atoms with Crippen LogP contribution in [0.25, 0.3) is 0 Å². The predicted molar refractivity (Wildman–Crippen MR) is 45.9 cm³/mol. The van der Waals surface area contributed by atoms with E-state index < -0.39 is 0 Å². The third-order valence-electron chi connectivity index (χ3n) is 1.17. The molecule has 4 heteroatoms. The molecule has 1 heterocycles. The second kappa shape index (κ2) is 2.88. The van der Waals surface area contributed by atoms with Crippen molar-refractivity contribution in [2.45, 2.75) is 0 Å². The van der Waals surface area contributed by atoms with Crippen molar-refractivity contribution in [3.8, 4) is 0 Å². The highest BCUT2D eigenvalue weighted by Gasteiger charge is 1.95. The third kappa shape index (κ3) is 1.39. The van der Waals surface area contributed by atoms with E-state index >= 15 is 0 Å². The molecule has 0 fully saturated rings. The van der Waals surface area contributed by atoms with Crippen LogP contribution in [0.5, 0.6) is 0 Å². The number of nitrogens with one attached hydrogen (secondary N) is 1. The molecular weight excluding hydrogens is 194 g/mol. The Morgan fingerprint density at radius 3 is 2.90 bits per heavy atom. The molecule has 0 radical (unpaired) electrons. The SMILES string of the molecule is CNc1cnc(Br)cc1N. The molecule has 1 aromatic heterocycles. The van der Waals surface area contributed by atoms with Gasteiger partial charge in [0.25, 0.3) is 0 Å². The largest absolute Gasteiger partial charge is 0.397 e. The standard InChI is InChI=1S/C6H8BrN3/c1-9-5-3-10-6(7)2-4(5)8/h2-3,9H,1H3,(H2,8,10). The number of nitrogens with zero attached hydrogens (tertiary/aromatic N) is 1. The van der Waals surface area contributed by atoms with E-state index in [-0.39, 0.29) is 0 Å². The minimum atomic E-state index is 0.698. The molecule has 0 aliphatic heterocycles. The Morgan fingerprint density at radius 1 is 1.70 bits per heavy atom. The monoisotopic (exact) mass is 201 g/mol. The van der Waals surface area contributed by atoms with Crippen LogP contribution in [0.15, 0.2) is 16.9 Å². The van der Waals surface area contributed by atoms with Crippen molar-refractivity contribution in [3.05, 3.63) is 16.9 Å². The molecule has 0 amide bonds. The number of hydrogen-bond donors (Lipinski definition) is 2. The molecule has 0 aliphatic rings. The van der Waals surface area contributed by atoms with Gasteiger partial charge in [0.05, 0.1) is 17.6 Å². The molecule has 0 saturated heterocycles. The first-order valence-electron chi connectivity index (χ1n) is 2.83. The Hall–Kier alpha value is -0.770. The quantitative estimate of drug-likeness (QED) is 0.678. The molecule has 0 spiro atoms. The maximum absolute atomic E-state index is 5.60. The van der Waals surface area contributed by atoms with Crippen molar-refractivity contribution >= 4 is 27.3 Å². The van der Waals surface area contributed by atoms with E-state index in [4.69, 9.17) is 5.73 Å². The van der Waals surface area contributed by atoms with Crippen molar-refractivity contribution in [1.82, 2.24) is 4.98 Å². The number of hydrogen-bond acceptors (Lipinski definition) is 3. The zero-order valence-electron chi connectivity index (χ0n) is 5.56. The summed E-state index contributed by atoms with van der Waals surface area (Å²) in [4.78, 5) is 3.98. The molecular formula is C6H8BrN3.